The molecule has 1 saturated heterocycles. The number of rotatable bonds is 1. The van der Waals surface area contributed by atoms with Crippen LogP contribution in [0.3, 0.4) is 0 Å². The van der Waals surface area contributed by atoms with E-state index in [0.717, 1.165) is 0 Å². The Kier molecular flexibility index (Phi) is 2.58. The normalized spacial score (nSPS) is 35.6. The van der Waals surface area contributed by atoms with Crippen molar-refractivity contribution in [3.05, 3.63) is 12.2 Å². The fraction of sp³-hybridized carbons (Fsp3) is 0.615. The summed E-state index contributed by atoms with van der Waals surface area (Å²) in [6.45, 7) is 4.99. The molecule has 92 valence electrons. The molecule has 0 radical (unpaired) electrons. The second-order valence-corrected chi connectivity index (χ2v) is 5.40. The average Bonchev–Trinajstić information content (AvgIpc) is 2.14. The number of allylic oxidation sites excluding steroid dienone is 1. The topological polar surface area (TPSA) is 60.4 Å². The van der Waals surface area contributed by atoms with Gasteiger partial charge in [-0.2, -0.15) is 0 Å². The monoisotopic (exact) mass is 236 g/mol. The van der Waals surface area contributed by atoms with Crippen LogP contribution in [0.5, 0.6) is 0 Å². The van der Waals surface area contributed by atoms with Gasteiger partial charge in [0, 0.05) is 12.8 Å². The molecule has 17 heavy (non-hydrogen) atoms. The summed E-state index contributed by atoms with van der Waals surface area (Å²) < 4.78 is 5.77. The predicted octanol–water partition coefficient (Wildman–Crippen LogP) is 1.23. The standard InChI is InChI=1S/C13H16O4/c1-8(14)13-5-4-9(15)6-11(13)17-12(2,3)7-10(13)16/h4-5,11H,6-7H2,1-3H3/t11-,13+/m0/s1. The number of hydrogen-bond acceptors (Lipinski definition) is 4. The molecule has 1 aliphatic carbocycles. The van der Waals surface area contributed by atoms with E-state index < -0.39 is 17.1 Å². The van der Waals surface area contributed by atoms with E-state index in [-0.39, 0.29) is 30.2 Å². The number of fused-ring (bicyclic) bond motifs is 1. The Bertz CT molecular complexity index is 433. The van der Waals surface area contributed by atoms with Gasteiger partial charge >= 0.3 is 0 Å². The highest BCUT2D eigenvalue weighted by molar-refractivity contribution is 6.12. The maximum atomic E-state index is 12.3. The number of carbonyl (C=O) groups is 3. The van der Waals surface area contributed by atoms with Crippen molar-refractivity contribution in [3.63, 3.8) is 0 Å². The molecule has 0 bridgehead atoms. The van der Waals surface area contributed by atoms with Gasteiger partial charge in [-0.15, -0.1) is 0 Å². The third-order valence-corrected chi connectivity index (χ3v) is 3.52. The smallest absolute Gasteiger partial charge is 0.158 e. The molecule has 1 aliphatic heterocycles. The van der Waals surface area contributed by atoms with Crippen molar-refractivity contribution >= 4 is 17.3 Å². The maximum absolute atomic E-state index is 12.3. The minimum atomic E-state index is -1.23. The summed E-state index contributed by atoms with van der Waals surface area (Å²) in [6.07, 6.45) is 2.42. The molecule has 0 spiro atoms. The van der Waals surface area contributed by atoms with Crippen LogP contribution in [-0.4, -0.2) is 29.1 Å². The zero-order valence-electron chi connectivity index (χ0n) is 10.3. The molecule has 1 fully saturated rings. The van der Waals surface area contributed by atoms with E-state index in [9.17, 15) is 14.4 Å². The lowest BCUT2D eigenvalue weighted by Crippen LogP contribution is -2.58. The van der Waals surface area contributed by atoms with E-state index in [4.69, 9.17) is 4.74 Å². The van der Waals surface area contributed by atoms with Crippen LogP contribution in [0, 0.1) is 5.41 Å². The SMILES string of the molecule is CC(=O)[C@@]12C=CC(=O)C[C@@H]1OC(C)(C)CC2=O. The van der Waals surface area contributed by atoms with Crippen molar-refractivity contribution in [2.24, 2.45) is 5.41 Å². The summed E-state index contributed by atoms with van der Waals surface area (Å²) in [5.41, 5.74) is -1.84. The molecule has 2 atom stereocenters. The van der Waals surface area contributed by atoms with E-state index in [0.29, 0.717) is 0 Å². The number of Topliss-reactive ketones (excluding diaryl/α,β-unsaturated/α-hetero) is 2. The lowest BCUT2D eigenvalue weighted by Gasteiger charge is -2.46. The van der Waals surface area contributed by atoms with Gasteiger partial charge in [-0.05, 0) is 26.8 Å². The molecular formula is C13H16O4. The zero-order valence-corrected chi connectivity index (χ0v) is 10.3. The Morgan fingerprint density at radius 1 is 1.41 bits per heavy atom. The lowest BCUT2D eigenvalue weighted by atomic mass is 9.66. The molecule has 1 heterocycles. The first-order valence-electron chi connectivity index (χ1n) is 5.72. The predicted molar refractivity (Wildman–Crippen MR) is 60.5 cm³/mol. The van der Waals surface area contributed by atoms with Gasteiger partial charge in [-0.25, -0.2) is 0 Å². The maximum Gasteiger partial charge on any atom is 0.158 e. The van der Waals surface area contributed by atoms with Gasteiger partial charge in [0.05, 0.1) is 11.7 Å². The average molecular weight is 236 g/mol. The minimum absolute atomic E-state index is 0.0997. The molecule has 2 aliphatic rings. The van der Waals surface area contributed by atoms with Crippen LogP contribution in [0.4, 0.5) is 0 Å². The summed E-state index contributed by atoms with van der Waals surface area (Å²) in [5.74, 6) is -0.487. The number of carbonyl (C=O) groups excluding carboxylic acids is 3. The van der Waals surface area contributed by atoms with E-state index in [1.165, 1.54) is 19.1 Å². The third kappa shape index (κ3) is 1.76. The van der Waals surface area contributed by atoms with E-state index in [2.05, 4.69) is 0 Å². The summed E-state index contributed by atoms with van der Waals surface area (Å²) in [7, 11) is 0. The summed E-state index contributed by atoms with van der Waals surface area (Å²) in [6, 6.07) is 0. The largest absolute Gasteiger partial charge is 0.370 e. The first-order valence-corrected chi connectivity index (χ1v) is 5.72. The molecule has 0 amide bonds. The fourth-order valence-electron chi connectivity index (χ4n) is 2.65. The summed E-state index contributed by atoms with van der Waals surface area (Å²) in [4.78, 5) is 35.5. The van der Waals surface area contributed by atoms with Gasteiger partial charge in [0.15, 0.2) is 11.6 Å². The molecule has 0 aromatic rings. The van der Waals surface area contributed by atoms with Crippen LogP contribution in [0.25, 0.3) is 0 Å². The van der Waals surface area contributed by atoms with Gasteiger partial charge < -0.3 is 4.74 Å². The lowest BCUT2D eigenvalue weighted by molar-refractivity contribution is -0.180. The highest BCUT2D eigenvalue weighted by atomic mass is 16.5. The van der Waals surface area contributed by atoms with Crippen molar-refractivity contribution in [1.29, 1.82) is 0 Å². The Morgan fingerprint density at radius 2 is 2.06 bits per heavy atom. The number of hydrogen-bond donors (Lipinski definition) is 0. The second kappa shape index (κ2) is 3.60. The molecule has 2 rings (SSSR count). The summed E-state index contributed by atoms with van der Waals surface area (Å²) in [5, 5.41) is 0. The molecule has 4 nitrogen and oxygen atoms in total. The van der Waals surface area contributed by atoms with Gasteiger partial charge in [-0.1, -0.05) is 6.08 Å². The van der Waals surface area contributed by atoms with E-state index in [1.807, 2.05) is 0 Å². The van der Waals surface area contributed by atoms with Crippen LogP contribution < -0.4 is 0 Å². The van der Waals surface area contributed by atoms with Gasteiger partial charge in [-0.3, -0.25) is 14.4 Å². The van der Waals surface area contributed by atoms with Gasteiger partial charge in [0.25, 0.3) is 0 Å². The van der Waals surface area contributed by atoms with Crippen molar-refractivity contribution in [3.8, 4) is 0 Å². The van der Waals surface area contributed by atoms with Crippen LogP contribution in [0.1, 0.15) is 33.6 Å². The molecule has 0 aromatic carbocycles. The second-order valence-electron chi connectivity index (χ2n) is 5.40. The van der Waals surface area contributed by atoms with Crippen LogP contribution >= 0.6 is 0 Å². The zero-order chi connectivity index (χ0) is 12.8. The van der Waals surface area contributed by atoms with Crippen LogP contribution in [-0.2, 0) is 19.1 Å². The molecule has 4 heteroatoms. The highest BCUT2D eigenvalue weighted by Gasteiger charge is 2.56. The van der Waals surface area contributed by atoms with Crippen LogP contribution in [0.2, 0.25) is 0 Å². The Balaban J connectivity index is 2.50. The van der Waals surface area contributed by atoms with Gasteiger partial charge in [0.2, 0.25) is 0 Å². The van der Waals surface area contributed by atoms with Crippen molar-refractivity contribution < 1.29 is 19.1 Å². The van der Waals surface area contributed by atoms with Crippen LogP contribution in [0.15, 0.2) is 12.2 Å². The quantitative estimate of drug-likeness (QED) is 0.642. The van der Waals surface area contributed by atoms with Crippen molar-refractivity contribution in [2.75, 3.05) is 0 Å². The van der Waals surface area contributed by atoms with Crippen molar-refractivity contribution in [2.45, 2.75) is 45.3 Å². The number of ether oxygens (including phenoxy) is 1. The first-order chi connectivity index (χ1) is 7.78. The molecule has 0 aromatic heterocycles. The van der Waals surface area contributed by atoms with E-state index >= 15 is 0 Å². The Labute approximate surface area is 100 Å². The number of ketones is 3. The molecular weight excluding hydrogens is 220 g/mol. The van der Waals surface area contributed by atoms with E-state index in [1.54, 1.807) is 13.8 Å². The third-order valence-electron chi connectivity index (χ3n) is 3.52. The molecule has 0 saturated carbocycles. The van der Waals surface area contributed by atoms with Crippen molar-refractivity contribution in [1.82, 2.24) is 0 Å². The first kappa shape index (κ1) is 12.2. The van der Waals surface area contributed by atoms with Gasteiger partial charge in [0.1, 0.15) is 11.2 Å². The molecule has 0 unspecified atom stereocenters. The molecule has 0 N–H and O–H groups in total. The Morgan fingerprint density at radius 3 is 2.65 bits per heavy atom. The fourth-order valence-corrected chi connectivity index (χ4v) is 2.65. The highest BCUT2D eigenvalue weighted by Crippen LogP contribution is 2.43. The summed E-state index contributed by atoms with van der Waals surface area (Å²) >= 11 is 0. The minimum Gasteiger partial charge on any atom is -0.370 e. The Hall–Kier alpha value is -1.29.